The van der Waals surface area contributed by atoms with Crippen molar-refractivity contribution < 1.29 is 53.2 Å². The number of nitrogens with zero attached hydrogens (tertiary/aromatic N) is 12. The van der Waals surface area contributed by atoms with E-state index in [-0.39, 0.29) is 85.2 Å². The molecular weight excluding hydrogens is 1490 g/mol. The minimum absolute atomic E-state index is 0.0202. The number of ether oxygens (including phenoxy) is 4. The summed E-state index contributed by atoms with van der Waals surface area (Å²) >= 11 is 0. The van der Waals surface area contributed by atoms with Crippen molar-refractivity contribution in [3.05, 3.63) is 169 Å². The summed E-state index contributed by atoms with van der Waals surface area (Å²) in [6, 6.07) is 2.17. The van der Waals surface area contributed by atoms with Gasteiger partial charge in [-0.15, -0.1) is 0 Å². The van der Waals surface area contributed by atoms with E-state index in [0.29, 0.717) is 103 Å². The number of carbonyl (C=O) groups is 3. The molecule has 0 aromatic carbocycles. The van der Waals surface area contributed by atoms with Crippen LogP contribution in [0.5, 0.6) is 0 Å². The van der Waals surface area contributed by atoms with Crippen molar-refractivity contribution in [2.24, 2.45) is 70.5 Å². The molecule has 0 amide bonds. The van der Waals surface area contributed by atoms with Crippen molar-refractivity contribution in [3.8, 4) is 6.07 Å². The molecule has 12 aliphatic carbocycles. The lowest BCUT2D eigenvalue weighted by Gasteiger charge is -2.54. The molecular formula is C95H124N12O11. The summed E-state index contributed by atoms with van der Waals surface area (Å²) in [5.74, 6) is 9.06. The molecule has 20 rings (SSSR count). The van der Waals surface area contributed by atoms with Gasteiger partial charge in [0.15, 0.2) is 23.1 Å². The predicted molar refractivity (Wildman–Crippen MR) is 443 cm³/mol. The Morgan fingerprint density at radius 2 is 0.771 bits per heavy atom. The summed E-state index contributed by atoms with van der Waals surface area (Å²) in [5.41, 5.74) is 14.7. The number of rotatable bonds is 0. The lowest BCUT2D eigenvalue weighted by Crippen LogP contribution is -2.56. The van der Waals surface area contributed by atoms with Gasteiger partial charge in [0.25, 0.3) is 0 Å². The molecule has 6 aromatic rings. The van der Waals surface area contributed by atoms with Crippen LogP contribution < -0.4 is 0 Å². The first-order chi connectivity index (χ1) is 56.1. The van der Waals surface area contributed by atoms with Crippen LogP contribution in [0.15, 0.2) is 76.7 Å². The lowest BCUT2D eigenvalue weighted by atomic mass is 9.54. The van der Waals surface area contributed by atoms with Crippen LogP contribution in [0.3, 0.4) is 0 Å². The van der Waals surface area contributed by atoms with E-state index in [9.17, 15) is 35.0 Å². The molecule has 630 valence electrons. The highest BCUT2D eigenvalue weighted by molar-refractivity contribution is 6.00. The Hall–Kier alpha value is -8.43. The molecule has 3 N–H and O–H groups in total. The second-order valence-corrected chi connectivity index (χ2v) is 38.8. The zero-order valence-corrected chi connectivity index (χ0v) is 72.7. The highest BCUT2D eigenvalue weighted by Crippen LogP contribution is 2.61. The highest BCUT2D eigenvalue weighted by Gasteiger charge is 2.62. The molecule has 0 bridgehead atoms. The van der Waals surface area contributed by atoms with E-state index >= 15 is 0 Å². The maximum atomic E-state index is 12.6. The number of fused-ring (bicyclic) bond motifs is 17. The number of aliphatic hydroxyl groups excluding tert-OH is 3. The molecule has 18 atom stereocenters. The Morgan fingerprint density at radius 3 is 1.21 bits per heavy atom. The van der Waals surface area contributed by atoms with Gasteiger partial charge in [-0.2, -0.15) is 5.26 Å². The monoisotopic (exact) mass is 1610 g/mol. The van der Waals surface area contributed by atoms with Gasteiger partial charge in [-0.1, -0.05) is 88.2 Å². The van der Waals surface area contributed by atoms with Crippen LogP contribution in [0.4, 0.5) is 0 Å². The smallest absolute Gasteiger partial charge is 0.171 e. The van der Waals surface area contributed by atoms with Gasteiger partial charge in [0.05, 0.1) is 85.3 Å². The second kappa shape index (κ2) is 32.2. The normalized spacial score (nSPS) is 35.7. The number of carbonyl (C=O) groups excluding carboxylic acids is 3. The second-order valence-electron chi connectivity index (χ2n) is 38.8. The van der Waals surface area contributed by atoms with E-state index in [1.807, 2.05) is 92.6 Å². The van der Waals surface area contributed by atoms with E-state index in [1.165, 1.54) is 63.3 Å². The molecule has 0 unspecified atom stereocenters. The number of nitriles is 1. The van der Waals surface area contributed by atoms with E-state index in [0.717, 1.165) is 168 Å². The summed E-state index contributed by atoms with van der Waals surface area (Å²) in [7, 11) is 0. The maximum absolute atomic E-state index is 12.6. The van der Waals surface area contributed by atoms with Gasteiger partial charge in [-0.05, 0) is 214 Å². The number of Topliss-reactive ketones (excluding diaryl/α,β-unsaturated/α-hetero) is 3. The summed E-state index contributed by atoms with van der Waals surface area (Å²) in [6.07, 6.45) is 33.3. The Morgan fingerprint density at radius 1 is 0.407 bits per heavy atom. The number of hydrogen-bond acceptors (Lipinski definition) is 23. The Kier molecular flexibility index (Phi) is 23.1. The van der Waals surface area contributed by atoms with Crippen molar-refractivity contribution in [3.63, 3.8) is 0 Å². The summed E-state index contributed by atoms with van der Waals surface area (Å²) in [5, 5.41) is 42.1. The zero-order chi connectivity index (χ0) is 84.1. The van der Waals surface area contributed by atoms with Crippen molar-refractivity contribution in [2.75, 3.05) is 26.4 Å². The van der Waals surface area contributed by atoms with Gasteiger partial charge in [-0.3, -0.25) is 14.4 Å². The first kappa shape index (κ1) is 84.6. The fourth-order valence-corrected chi connectivity index (χ4v) is 25.6. The van der Waals surface area contributed by atoms with Crippen LogP contribution in [-0.4, -0.2) is 126 Å². The molecule has 2 spiro atoms. The first-order valence-corrected chi connectivity index (χ1v) is 43.9. The van der Waals surface area contributed by atoms with Gasteiger partial charge < -0.3 is 38.8 Å². The molecule has 0 radical (unpaired) electrons. The molecule has 8 heterocycles. The fourth-order valence-electron chi connectivity index (χ4n) is 25.6. The van der Waals surface area contributed by atoms with Crippen molar-refractivity contribution in [2.45, 2.75) is 297 Å². The molecule has 118 heavy (non-hydrogen) atoms. The summed E-state index contributed by atoms with van der Waals surface area (Å²) < 4.78 is 29.3. The van der Waals surface area contributed by atoms with Crippen molar-refractivity contribution in [1.82, 2.24) is 55.0 Å². The summed E-state index contributed by atoms with van der Waals surface area (Å²) in [4.78, 5) is 82.1. The quantitative estimate of drug-likeness (QED) is 0.0939. The van der Waals surface area contributed by atoms with Crippen LogP contribution in [0.25, 0.3) is 0 Å². The highest BCUT2D eigenvalue weighted by atomic mass is 16.7. The van der Waals surface area contributed by atoms with Crippen molar-refractivity contribution >= 4 is 17.3 Å². The van der Waals surface area contributed by atoms with Gasteiger partial charge in [0, 0.05) is 135 Å². The van der Waals surface area contributed by atoms with Gasteiger partial charge in [-0.25, -0.2) is 49.8 Å². The number of aliphatic hydroxyl groups is 3. The van der Waals surface area contributed by atoms with Crippen LogP contribution in [0.1, 0.15) is 282 Å². The molecule has 2 aliphatic heterocycles. The number of allylic oxidation sites excluding steroid dienone is 4. The lowest BCUT2D eigenvalue weighted by molar-refractivity contribution is -0.241. The van der Waals surface area contributed by atoms with E-state index in [1.54, 1.807) is 0 Å². The minimum atomic E-state index is -0.467. The topological polar surface area (TPSA) is 328 Å². The van der Waals surface area contributed by atoms with Crippen LogP contribution in [-0.2, 0) is 98.9 Å². The zero-order valence-electron chi connectivity index (χ0n) is 72.7. The Labute approximate surface area is 696 Å². The third-order valence-corrected chi connectivity index (χ3v) is 32.3. The van der Waals surface area contributed by atoms with E-state index < -0.39 is 5.79 Å². The molecule has 2 saturated heterocycles. The SMILES string of the molecule is C[C@H]1[C@@H]2CC/C(=C\O)C(=O)[C@@]2(C)CCC12OCCO2.Cc1ncc2c(n1)[C@@]1(C)C/C(=C/O)C(=O)[C@@H](C)[C@@H]1CC2.Cc1ncc2c(n1)[C@@]1(C)CC(C#N)=C(O)[C@@H](C)[C@@H]1CC2.Cc1ncc2c(n1)[C@@]1(C)CCC(=O)[C@@H](C)[C@@H]1CC2.Cc1ncc2c(n1)[C@@]1(C)CCC3(OCCO3)[C@@H](C)[C@@H]1CC2.Cc1ncc2c(n1)[C@@]1(C)Cc3cnoc3[C@@H](C)[C@@H]1CC2. The average molecular weight is 1610 g/mol. The summed E-state index contributed by atoms with van der Waals surface area (Å²) in [6.45, 7) is 38.8. The molecule has 7 fully saturated rings. The molecule has 23 heteroatoms. The molecule has 23 nitrogen and oxygen atoms in total. The van der Waals surface area contributed by atoms with Crippen molar-refractivity contribution in [1.29, 1.82) is 5.26 Å². The predicted octanol–water partition coefficient (Wildman–Crippen LogP) is 16.6. The van der Waals surface area contributed by atoms with Gasteiger partial charge in [0.1, 0.15) is 46.4 Å². The number of hydrogen-bond donors (Lipinski definition) is 3. The van der Waals surface area contributed by atoms with E-state index in [2.05, 4.69) is 108 Å². The van der Waals surface area contributed by atoms with Crippen LogP contribution >= 0.6 is 0 Å². The van der Waals surface area contributed by atoms with Gasteiger partial charge in [0.2, 0.25) is 0 Å². The van der Waals surface area contributed by atoms with Crippen LogP contribution in [0, 0.1) is 116 Å². The third kappa shape index (κ3) is 14.4. The van der Waals surface area contributed by atoms with Crippen LogP contribution in [0.2, 0.25) is 0 Å². The molecule has 5 saturated carbocycles. The Balaban J connectivity index is 0.000000111. The average Bonchev–Trinajstić information content (AvgIpc) is 1.34. The fraction of sp³-hybridized carbons (Fsp3) is 0.653. The van der Waals surface area contributed by atoms with E-state index in [4.69, 9.17) is 38.4 Å². The largest absolute Gasteiger partial charge is 0.515 e. The minimum Gasteiger partial charge on any atom is -0.515 e. The molecule has 6 aromatic heterocycles. The van der Waals surface area contributed by atoms with Gasteiger partial charge >= 0.3 is 0 Å². The number of aryl methyl sites for hydroxylation is 10. The standard InChI is InChI=1S/C17H24N2O2.2C16H19N3O.C16H20N2O2.C15H20N2O.C15H22O4/c1-11-14-5-4-13-10-18-12(2)19-15(13)16(14,3)6-7-17(11)20-8-9-21-17;1-9-13-5-4-11-7-17-10(2)19-15(11)16(13,3)6-12-8-18-20-14(9)12;1-9-13-5-4-11-8-18-10(2)19-15(11)16(13,3)6-12(7-17)14(9)20;1-9-13-5-4-11-7-17-10(2)18-15(11)16(13,3)6-12(8-19)14(9)20;1-9-12-5-4-11-8-16-10(2)17-14(11)15(12,3)7-6-13(9)18;1-10-12-4-3-11(9-16)13(17)14(12,2)5-6-15(10)18-7-8-19-15/h10-11,14H,4-9H2,1-3H3;7-9,13H,4-6H2,1-3H3;8-9,13,20H,4-6H2,1-3H3;7-9,13,19H,4-6H2,1-3H3;8-9,12H,4-7H2,1-3H3;9-10,12,16H,3-8H2,1-2H3/b;;;12-8-;;11-9+/t11-,14-,16-;3*9-,13-,16-;9-,12-,15-;10-,12-,14-/m000000/s1. The number of aromatic nitrogens is 11. The first-order valence-electron chi connectivity index (χ1n) is 43.9. The molecule has 14 aliphatic rings. The maximum Gasteiger partial charge on any atom is 0.171 e. The number of ketones is 3. The third-order valence-electron chi connectivity index (χ3n) is 32.3. The Bertz CT molecular complexity index is 5020.